The van der Waals surface area contributed by atoms with E-state index in [1.165, 1.54) is 6.33 Å². The van der Waals surface area contributed by atoms with E-state index < -0.39 is 0 Å². The molecule has 3 heterocycles. The molecule has 3 aromatic rings. The average Bonchev–Trinajstić information content (AvgIpc) is 3.14. The Morgan fingerprint density at radius 1 is 1.21 bits per heavy atom. The minimum absolute atomic E-state index is 0.0441. The van der Waals surface area contributed by atoms with Crippen molar-refractivity contribution in [2.45, 2.75) is 19.8 Å². The molecule has 4 rings (SSSR count). The maximum absolute atomic E-state index is 12.9. The topological polar surface area (TPSA) is 103 Å². The fraction of sp³-hybridized carbons (Fsp3) is 0.400. The fourth-order valence-electron chi connectivity index (χ4n) is 3.65. The van der Waals surface area contributed by atoms with Crippen LogP contribution < -0.4 is 19.7 Å². The fourth-order valence-corrected chi connectivity index (χ4v) is 3.65. The molecule has 9 heteroatoms. The molecule has 1 fully saturated rings. The van der Waals surface area contributed by atoms with Crippen molar-refractivity contribution < 1.29 is 18.8 Å². The molecule has 9 nitrogen and oxygen atoms in total. The van der Waals surface area contributed by atoms with Crippen molar-refractivity contribution in [3.63, 3.8) is 0 Å². The van der Waals surface area contributed by atoms with E-state index >= 15 is 0 Å². The third-order valence-corrected chi connectivity index (χ3v) is 5.13. The number of carbonyl (C=O) groups excluding carboxylic acids is 1. The summed E-state index contributed by atoms with van der Waals surface area (Å²) in [6.07, 6.45) is 3.16. The van der Waals surface area contributed by atoms with E-state index in [1.807, 2.05) is 6.92 Å². The van der Waals surface area contributed by atoms with Gasteiger partial charge in [-0.05, 0) is 19.8 Å². The molecule has 0 spiro atoms. The average molecular weight is 397 g/mol. The van der Waals surface area contributed by atoms with Gasteiger partial charge in [-0.3, -0.25) is 4.79 Å². The molecule has 1 atom stereocenters. The van der Waals surface area contributed by atoms with E-state index in [9.17, 15) is 4.79 Å². The summed E-state index contributed by atoms with van der Waals surface area (Å²) in [7, 11) is 3.16. The van der Waals surface area contributed by atoms with Crippen LogP contribution in [0.15, 0.2) is 29.0 Å². The number of hydrogen-bond acceptors (Lipinski definition) is 8. The maximum atomic E-state index is 12.9. The van der Waals surface area contributed by atoms with E-state index in [2.05, 4.69) is 25.3 Å². The van der Waals surface area contributed by atoms with Crippen molar-refractivity contribution in [1.29, 1.82) is 0 Å². The minimum atomic E-state index is -0.175. The molecule has 2 aromatic heterocycles. The summed E-state index contributed by atoms with van der Waals surface area (Å²) in [6.45, 7) is 3.24. The maximum Gasteiger partial charge on any atom is 0.263 e. The zero-order chi connectivity index (χ0) is 20.4. The van der Waals surface area contributed by atoms with Gasteiger partial charge < -0.3 is 24.2 Å². The quantitative estimate of drug-likeness (QED) is 0.701. The number of rotatable bonds is 5. The lowest BCUT2D eigenvalue weighted by atomic mass is 9.96. The number of ether oxygens (including phenoxy) is 2. The first kappa shape index (κ1) is 19.0. The van der Waals surface area contributed by atoms with Crippen molar-refractivity contribution in [2.75, 3.05) is 37.5 Å². The molecule has 0 unspecified atom stereocenters. The van der Waals surface area contributed by atoms with Gasteiger partial charge in [0.2, 0.25) is 5.91 Å². The van der Waals surface area contributed by atoms with Crippen LogP contribution in [0.25, 0.3) is 11.1 Å². The Labute approximate surface area is 168 Å². The van der Waals surface area contributed by atoms with Gasteiger partial charge in [0.25, 0.3) is 5.71 Å². The summed E-state index contributed by atoms with van der Waals surface area (Å²) in [6, 6.07) is 5.31. The number of anilines is 2. The van der Waals surface area contributed by atoms with Crippen LogP contribution in [-0.2, 0) is 4.79 Å². The number of methoxy groups -OCH3 is 2. The zero-order valence-corrected chi connectivity index (χ0v) is 16.6. The molecule has 1 aliphatic heterocycles. The number of amides is 1. The van der Waals surface area contributed by atoms with Gasteiger partial charge in [0.05, 0.1) is 25.8 Å². The molecular weight excluding hydrogens is 374 g/mol. The van der Waals surface area contributed by atoms with Crippen molar-refractivity contribution in [2.24, 2.45) is 5.92 Å². The number of piperidine rings is 1. The molecule has 0 bridgehead atoms. The Hall–Kier alpha value is -3.36. The third kappa shape index (κ3) is 3.80. The Kier molecular flexibility index (Phi) is 5.20. The molecule has 152 valence electrons. The van der Waals surface area contributed by atoms with Crippen LogP contribution in [0.2, 0.25) is 0 Å². The highest BCUT2D eigenvalue weighted by Crippen LogP contribution is 2.31. The molecule has 1 N–H and O–H groups in total. The molecule has 1 amide bonds. The first-order valence-electron chi connectivity index (χ1n) is 9.45. The van der Waals surface area contributed by atoms with E-state index in [0.717, 1.165) is 36.3 Å². The number of benzene rings is 1. The van der Waals surface area contributed by atoms with Gasteiger partial charge in [0.1, 0.15) is 29.0 Å². The van der Waals surface area contributed by atoms with E-state index in [0.29, 0.717) is 29.4 Å². The lowest BCUT2D eigenvalue weighted by Crippen LogP contribution is -2.41. The first-order chi connectivity index (χ1) is 14.1. The largest absolute Gasteiger partial charge is 0.497 e. The first-order valence-corrected chi connectivity index (χ1v) is 9.45. The van der Waals surface area contributed by atoms with Gasteiger partial charge in [0, 0.05) is 37.0 Å². The third-order valence-electron chi connectivity index (χ3n) is 5.13. The number of aryl methyl sites for hydroxylation is 1. The highest BCUT2D eigenvalue weighted by atomic mass is 16.5. The summed E-state index contributed by atoms with van der Waals surface area (Å²) >= 11 is 0. The molecular formula is C20H23N5O4. The second kappa shape index (κ2) is 7.94. The lowest BCUT2D eigenvalue weighted by molar-refractivity contribution is -0.120. The van der Waals surface area contributed by atoms with Gasteiger partial charge in [-0.25, -0.2) is 4.98 Å². The van der Waals surface area contributed by atoms with Crippen molar-refractivity contribution in [1.82, 2.24) is 15.1 Å². The van der Waals surface area contributed by atoms with E-state index in [1.54, 1.807) is 32.4 Å². The monoisotopic (exact) mass is 397 g/mol. The lowest BCUT2D eigenvalue weighted by Gasteiger charge is -2.33. The van der Waals surface area contributed by atoms with Gasteiger partial charge >= 0.3 is 0 Å². The molecule has 1 aromatic carbocycles. The molecule has 1 saturated heterocycles. The number of aromatic nitrogens is 3. The van der Waals surface area contributed by atoms with Crippen LogP contribution in [0, 0.1) is 12.8 Å². The second-order valence-electron chi connectivity index (χ2n) is 7.02. The van der Waals surface area contributed by atoms with Gasteiger partial charge in [-0.2, -0.15) is 4.98 Å². The van der Waals surface area contributed by atoms with Gasteiger partial charge in [-0.15, -0.1) is 0 Å². The van der Waals surface area contributed by atoms with Crippen molar-refractivity contribution in [3.8, 4) is 11.5 Å². The summed E-state index contributed by atoms with van der Waals surface area (Å²) in [4.78, 5) is 23.6. The number of hydrogen-bond donors (Lipinski definition) is 1. The van der Waals surface area contributed by atoms with Crippen LogP contribution in [0.1, 0.15) is 18.5 Å². The van der Waals surface area contributed by atoms with Crippen molar-refractivity contribution >= 4 is 28.5 Å². The Morgan fingerprint density at radius 3 is 2.69 bits per heavy atom. The number of nitrogens with one attached hydrogen (secondary N) is 1. The highest BCUT2D eigenvalue weighted by Gasteiger charge is 2.28. The molecule has 0 aliphatic carbocycles. The van der Waals surface area contributed by atoms with Crippen molar-refractivity contribution in [3.05, 3.63) is 30.2 Å². The number of fused-ring (bicyclic) bond motifs is 1. The van der Waals surface area contributed by atoms with E-state index in [4.69, 9.17) is 14.0 Å². The minimum Gasteiger partial charge on any atom is -0.497 e. The van der Waals surface area contributed by atoms with E-state index in [-0.39, 0.29) is 11.8 Å². The molecule has 0 saturated carbocycles. The van der Waals surface area contributed by atoms with Crippen LogP contribution in [-0.4, -0.2) is 48.3 Å². The number of nitrogens with zero attached hydrogens (tertiary/aromatic N) is 4. The van der Waals surface area contributed by atoms with Crippen LogP contribution >= 0.6 is 0 Å². The Bertz CT molecular complexity index is 1010. The number of carbonyl (C=O) groups is 1. The predicted molar refractivity (Wildman–Crippen MR) is 107 cm³/mol. The molecule has 1 aliphatic rings. The molecule has 29 heavy (non-hydrogen) atoms. The van der Waals surface area contributed by atoms with Gasteiger partial charge in [0.15, 0.2) is 0 Å². The summed E-state index contributed by atoms with van der Waals surface area (Å²) < 4.78 is 15.8. The predicted octanol–water partition coefficient (Wildman–Crippen LogP) is 2.80. The standard InChI is InChI=1S/C20H23N5O4/c1-12-17-18(21-11-22-20(17)29-24-12)25-6-4-5-13(10-25)19(26)23-14-7-15(27-2)9-16(8-14)28-3/h7-9,11,13H,4-6,10H2,1-3H3,(H,23,26)/t13-/m0/s1. The Morgan fingerprint density at radius 2 is 1.97 bits per heavy atom. The Balaban J connectivity index is 1.52. The smallest absolute Gasteiger partial charge is 0.263 e. The van der Waals surface area contributed by atoms with Crippen LogP contribution in [0.3, 0.4) is 0 Å². The SMILES string of the molecule is COc1cc(NC(=O)[C@H]2CCCN(c3ncnc4onc(C)c34)C2)cc(OC)c1. The summed E-state index contributed by atoms with van der Waals surface area (Å²) in [5.74, 6) is 1.78. The highest BCUT2D eigenvalue weighted by molar-refractivity contribution is 5.94. The summed E-state index contributed by atoms with van der Waals surface area (Å²) in [5, 5.41) is 7.77. The van der Waals surface area contributed by atoms with Gasteiger partial charge in [-0.1, -0.05) is 5.16 Å². The summed E-state index contributed by atoms with van der Waals surface area (Å²) in [5.41, 5.74) is 1.84. The second-order valence-corrected chi connectivity index (χ2v) is 7.02. The van der Waals surface area contributed by atoms with Crippen LogP contribution in [0.5, 0.6) is 11.5 Å². The zero-order valence-electron chi connectivity index (χ0n) is 16.6. The van der Waals surface area contributed by atoms with Crippen LogP contribution in [0.4, 0.5) is 11.5 Å². The molecule has 0 radical (unpaired) electrons. The normalized spacial score (nSPS) is 16.7.